The molecule has 1 N–H and O–H groups in total. The van der Waals surface area contributed by atoms with Gasteiger partial charge in [0, 0.05) is 31.2 Å². The van der Waals surface area contributed by atoms with E-state index in [0.717, 1.165) is 25.9 Å². The van der Waals surface area contributed by atoms with Crippen LogP contribution in [0.25, 0.3) is 0 Å². The molecule has 0 saturated heterocycles. The molecule has 2 aromatic carbocycles. The highest BCUT2D eigenvalue weighted by atomic mass is 16.1. The lowest BCUT2D eigenvalue weighted by molar-refractivity contribution is -0.124. The number of nitrogens with zero attached hydrogens (tertiary/aromatic N) is 1. The van der Waals surface area contributed by atoms with E-state index in [9.17, 15) is 4.79 Å². The fourth-order valence-corrected chi connectivity index (χ4v) is 3.19. The van der Waals surface area contributed by atoms with Crippen LogP contribution in [0.4, 0.5) is 5.69 Å². The Morgan fingerprint density at radius 2 is 1.87 bits per heavy atom. The third-order valence-electron chi connectivity index (χ3n) is 4.50. The molecule has 0 saturated carbocycles. The number of fused-ring (bicyclic) bond motifs is 1. The van der Waals surface area contributed by atoms with Crippen molar-refractivity contribution in [2.24, 2.45) is 5.92 Å². The number of benzene rings is 2. The average Bonchev–Trinajstić information content (AvgIpc) is 2.99. The predicted molar refractivity (Wildman–Crippen MR) is 94.7 cm³/mol. The highest BCUT2D eigenvalue weighted by Gasteiger charge is 2.18. The molecule has 1 heterocycles. The zero-order valence-electron chi connectivity index (χ0n) is 13.7. The van der Waals surface area contributed by atoms with E-state index in [0.29, 0.717) is 6.54 Å². The lowest BCUT2D eigenvalue weighted by Gasteiger charge is -2.20. The molecule has 120 valence electrons. The molecule has 0 aromatic heterocycles. The maximum atomic E-state index is 12.2. The summed E-state index contributed by atoms with van der Waals surface area (Å²) in [7, 11) is 0. The summed E-state index contributed by atoms with van der Waals surface area (Å²) in [6.07, 6.45) is 1.90. The summed E-state index contributed by atoms with van der Waals surface area (Å²) in [6, 6.07) is 18.7. The third-order valence-corrected chi connectivity index (χ3v) is 4.50. The minimum atomic E-state index is 0.00302. The third kappa shape index (κ3) is 3.92. The first-order valence-electron chi connectivity index (χ1n) is 8.38. The lowest BCUT2D eigenvalue weighted by atomic mass is 10.0. The molecule has 3 nitrogen and oxygen atoms in total. The predicted octanol–water partition coefficient (Wildman–Crippen LogP) is 3.04. The summed E-state index contributed by atoms with van der Waals surface area (Å²) in [4.78, 5) is 14.6. The van der Waals surface area contributed by atoms with E-state index in [4.69, 9.17) is 0 Å². The Kier molecular flexibility index (Phi) is 4.96. The van der Waals surface area contributed by atoms with E-state index in [1.54, 1.807) is 0 Å². The zero-order chi connectivity index (χ0) is 16.1. The van der Waals surface area contributed by atoms with Crippen LogP contribution in [0.1, 0.15) is 18.1 Å². The number of para-hydroxylation sites is 1. The van der Waals surface area contributed by atoms with Crippen LogP contribution < -0.4 is 10.2 Å². The van der Waals surface area contributed by atoms with Crippen LogP contribution in [0.5, 0.6) is 0 Å². The number of hydrogen-bond donors (Lipinski definition) is 1. The van der Waals surface area contributed by atoms with Crippen molar-refractivity contribution in [1.29, 1.82) is 0 Å². The Balaban J connectivity index is 1.45. The van der Waals surface area contributed by atoms with Gasteiger partial charge in [-0.3, -0.25) is 4.79 Å². The quantitative estimate of drug-likeness (QED) is 0.889. The minimum absolute atomic E-state index is 0.00302. The molecule has 2 aromatic rings. The van der Waals surface area contributed by atoms with Crippen LogP contribution in [0, 0.1) is 5.92 Å². The van der Waals surface area contributed by atoms with Gasteiger partial charge in [-0.1, -0.05) is 55.5 Å². The number of nitrogens with one attached hydrogen (secondary N) is 1. The van der Waals surface area contributed by atoms with Crippen LogP contribution in [-0.2, 0) is 17.6 Å². The van der Waals surface area contributed by atoms with Gasteiger partial charge < -0.3 is 10.2 Å². The Hall–Kier alpha value is -2.29. The number of hydrogen-bond acceptors (Lipinski definition) is 2. The van der Waals surface area contributed by atoms with E-state index in [-0.39, 0.29) is 11.8 Å². The second kappa shape index (κ2) is 7.32. The number of carbonyl (C=O) groups is 1. The van der Waals surface area contributed by atoms with Gasteiger partial charge in [0.1, 0.15) is 0 Å². The Labute approximate surface area is 138 Å². The summed E-state index contributed by atoms with van der Waals surface area (Å²) in [5.74, 6) is 0.143. The van der Waals surface area contributed by atoms with Crippen molar-refractivity contribution >= 4 is 11.6 Å². The van der Waals surface area contributed by atoms with Gasteiger partial charge >= 0.3 is 0 Å². The summed E-state index contributed by atoms with van der Waals surface area (Å²) >= 11 is 0. The second-order valence-corrected chi connectivity index (χ2v) is 6.25. The standard InChI is InChI=1S/C20H24N2O/c1-16(15-17-7-3-2-4-8-17)20(23)21-12-14-22-13-11-18-9-5-6-10-19(18)22/h2-10,16H,11-15H2,1H3,(H,21,23). The number of amides is 1. The summed E-state index contributed by atoms with van der Waals surface area (Å²) in [5, 5.41) is 3.08. The highest BCUT2D eigenvalue weighted by Crippen LogP contribution is 2.26. The van der Waals surface area contributed by atoms with E-state index >= 15 is 0 Å². The van der Waals surface area contributed by atoms with Gasteiger partial charge in [0.05, 0.1) is 0 Å². The molecule has 0 spiro atoms. The SMILES string of the molecule is CC(Cc1ccccc1)C(=O)NCCN1CCc2ccccc21. The Bertz CT molecular complexity index is 654. The molecular formula is C20H24N2O. The Morgan fingerprint density at radius 1 is 1.13 bits per heavy atom. The van der Waals surface area contributed by atoms with Gasteiger partial charge in [0.15, 0.2) is 0 Å². The van der Waals surface area contributed by atoms with Crippen LogP contribution in [0.15, 0.2) is 54.6 Å². The lowest BCUT2D eigenvalue weighted by Crippen LogP contribution is -2.37. The Morgan fingerprint density at radius 3 is 2.70 bits per heavy atom. The normalized spacial score (nSPS) is 14.4. The smallest absolute Gasteiger partial charge is 0.223 e. The van der Waals surface area contributed by atoms with Crippen molar-refractivity contribution in [3.8, 4) is 0 Å². The molecular weight excluding hydrogens is 284 g/mol. The minimum Gasteiger partial charge on any atom is -0.369 e. The maximum absolute atomic E-state index is 12.2. The first-order chi connectivity index (χ1) is 11.2. The molecule has 1 amide bonds. The summed E-state index contributed by atoms with van der Waals surface area (Å²) in [5.41, 5.74) is 3.94. The fourth-order valence-electron chi connectivity index (χ4n) is 3.19. The molecule has 0 bridgehead atoms. The topological polar surface area (TPSA) is 32.3 Å². The van der Waals surface area contributed by atoms with Crippen molar-refractivity contribution < 1.29 is 4.79 Å². The summed E-state index contributed by atoms with van der Waals surface area (Å²) in [6.45, 7) is 4.62. The van der Waals surface area contributed by atoms with Crippen LogP contribution >= 0.6 is 0 Å². The molecule has 1 aliphatic rings. The number of carbonyl (C=O) groups excluding carboxylic acids is 1. The van der Waals surface area contributed by atoms with Crippen molar-refractivity contribution in [1.82, 2.24) is 5.32 Å². The molecule has 0 radical (unpaired) electrons. The first kappa shape index (κ1) is 15.6. The van der Waals surface area contributed by atoms with Gasteiger partial charge in [-0.25, -0.2) is 0 Å². The van der Waals surface area contributed by atoms with Gasteiger partial charge in [0.25, 0.3) is 0 Å². The van der Waals surface area contributed by atoms with Gasteiger partial charge in [-0.15, -0.1) is 0 Å². The maximum Gasteiger partial charge on any atom is 0.223 e. The van der Waals surface area contributed by atoms with E-state index in [1.807, 2.05) is 25.1 Å². The average molecular weight is 308 g/mol. The van der Waals surface area contributed by atoms with E-state index < -0.39 is 0 Å². The van der Waals surface area contributed by atoms with E-state index in [1.165, 1.54) is 16.8 Å². The molecule has 3 heteroatoms. The molecule has 0 fully saturated rings. The molecule has 23 heavy (non-hydrogen) atoms. The van der Waals surface area contributed by atoms with E-state index in [2.05, 4.69) is 46.6 Å². The summed E-state index contributed by atoms with van der Waals surface area (Å²) < 4.78 is 0. The zero-order valence-corrected chi connectivity index (χ0v) is 13.7. The monoisotopic (exact) mass is 308 g/mol. The van der Waals surface area contributed by atoms with Gasteiger partial charge in [-0.2, -0.15) is 0 Å². The number of anilines is 1. The molecule has 1 unspecified atom stereocenters. The second-order valence-electron chi connectivity index (χ2n) is 6.25. The van der Waals surface area contributed by atoms with Gasteiger partial charge in [0.2, 0.25) is 5.91 Å². The molecule has 3 rings (SSSR count). The van der Waals surface area contributed by atoms with Crippen molar-refractivity contribution in [3.05, 3.63) is 65.7 Å². The first-order valence-corrected chi connectivity index (χ1v) is 8.38. The number of rotatable bonds is 6. The molecule has 1 aliphatic heterocycles. The van der Waals surface area contributed by atoms with Crippen LogP contribution in [0.3, 0.4) is 0 Å². The molecule has 0 aliphatic carbocycles. The van der Waals surface area contributed by atoms with Crippen molar-refractivity contribution in [3.63, 3.8) is 0 Å². The largest absolute Gasteiger partial charge is 0.369 e. The highest BCUT2D eigenvalue weighted by molar-refractivity contribution is 5.78. The van der Waals surface area contributed by atoms with Crippen molar-refractivity contribution in [2.75, 3.05) is 24.5 Å². The van der Waals surface area contributed by atoms with Crippen LogP contribution in [0.2, 0.25) is 0 Å². The van der Waals surface area contributed by atoms with Crippen molar-refractivity contribution in [2.45, 2.75) is 19.8 Å². The molecule has 1 atom stereocenters. The fraction of sp³-hybridized carbons (Fsp3) is 0.350. The van der Waals surface area contributed by atoms with Crippen LogP contribution in [-0.4, -0.2) is 25.5 Å². The van der Waals surface area contributed by atoms with Gasteiger partial charge in [-0.05, 0) is 30.0 Å².